The molecule has 0 spiro atoms. The molecule has 1 aliphatic heterocycles. The first-order chi connectivity index (χ1) is 11.1. The number of carbonyl (C=O) groups excluding carboxylic acids is 2. The molecule has 0 aromatic carbocycles. The van der Waals surface area contributed by atoms with E-state index in [-0.39, 0.29) is 17.9 Å². The van der Waals surface area contributed by atoms with Gasteiger partial charge in [-0.2, -0.15) is 11.3 Å². The highest BCUT2D eigenvalue weighted by atomic mass is 35.5. The SMILES string of the molecule is O=C(NC1CCN(C(=O)c2cc(Cl)ccn2)CC1)c1ccsc1. The van der Waals surface area contributed by atoms with E-state index in [9.17, 15) is 9.59 Å². The van der Waals surface area contributed by atoms with Gasteiger partial charge in [-0.05, 0) is 36.4 Å². The van der Waals surface area contributed by atoms with Crippen molar-refractivity contribution in [3.05, 3.63) is 51.4 Å². The summed E-state index contributed by atoms with van der Waals surface area (Å²) in [7, 11) is 0. The average molecular weight is 350 g/mol. The first-order valence-corrected chi connectivity index (χ1v) is 8.69. The number of likely N-dealkylation sites (tertiary alicyclic amines) is 1. The van der Waals surface area contributed by atoms with Gasteiger partial charge in [0.15, 0.2) is 0 Å². The minimum absolute atomic E-state index is 0.0486. The largest absolute Gasteiger partial charge is 0.349 e. The predicted molar refractivity (Wildman–Crippen MR) is 90.0 cm³/mol. The molecule has 7 heteroatoms. The van der Waals surface area contributed by atoms with Crippen molar-refractivity contribution < 1.29 is 9.59 Å². The number of aromatic nitrogens is 1. The van der Waals surface area contributed by atoms with Crippen molar-refractivity contribution in [2.75, 3.05) is 13.1 Å². The number of nitrogens with one attached hydrogen (secondary N) is 1. The van der Waals surface area contributed by atoms with E-state index in [4.69, 9.17) is 11.6 Å². The van der Waals surface area contributed by atoms with Gasteiger partial charge in [0.2, 0.25) is 0 Å². The van der Waals surface area contributed by atoms with E-state index >= 15 is 0 Å². The zero-order valence-electron chi connectivity index (χ0n) is 12.4. The van der Waals surface area contributed by atoms with Gasteiger partial charge in [-0.3, -0.25) is 14.6 Å². The van der Waals surface area contributed by atoms with Crippen LogP contribution in [0.2, 0.25) is 5.02 Å². The molecule has 3 rings (SSSR count). The van der Waals surface area contributed by atoms with E-state index < -0.39 is 0 Å². The number of carbonyl (C=O) groups is 2. The van der Waals surface area contributed by atoms with Crippen LogP contribution in [-0.2, 0) is 0 Å². The molecule has 0 saturated carbocycles. The molecule has 0 atom stereocenters. The fourth-order valence-corrected chi connectivity index (χ4v) is 3.37. The second-order valence-corrected chi connectivity index (χ2v) is 6.63. The maximum atomic E-state index is 12.4. The molecule has 1 aliphatic rings. The Morgan fingerprint density at radius 2 is 2.09 bits per heavy atom. The average Bonchev–Trinajstić information content (AvgIpc) is 3.09. The van der Waals surface area contributed by atoms with Crippen LogP contribution in [-0.4, -0.2) is 40.8 Å². The van der Waals surface area contributed by atoms with E-state index in [2.05, 4.69) is 10.3 Å². The van der Waals surface area contributed by atoms with E-state index in [1.807, 2.05) is 16.8 Å². The lowest BCUT2D eigenvalue weighted by molar-refractivity contribution is 0.0692. The molecule has 23 heavy (non-hydrogen) atoms. The number of piperidine rings is 1. The summed E-state index contributed by atoms with van der Waals surface area (Å²) in [6, 6.07) is 5.13. The molecular formula is C16H16ClN3O2S. The maximum Gasteiger partial charge on any atom is 0.272 e. The van der Waals surface area contributed by atoms with E-state index in [0.29, 0.717) is 29.4 Å². The molecule has 0 radical (unpaired) electrons. The van der Waals surface area contributed by atoms with Crippen molar-refractivity contribution in [2.45, 2.75) is 18.9 Å². The minimum atomic E-state index is -0.116. The van der Waals surface area contributed by atoms with Gasteiger partial charge in [0, 0.05) is 41.3 Å². The van der Waals surface area contributed by atoms with Crippen LogP contribution in [0.15, 0.2) is 35.2 Å². The fraction of sp³-hybridized carbons (Fsp3) is 0.312. The van der Waals surface area contributed by atoms with Crippen LogP contribution in [0.1, 0.15) is 33.7 Å². The third kappa shape index (κ3) is 3.89. The lowest BCUT2D eigenvalue weighted by atomic mass is 10.0. The highest BCUT2D eigenvalue weighted by Gasteiger charge is 2.25. The molecule has 2 aromatic rings. The summed E-state index contributed by atoms with van der Waals surface area (Å²) in [6.45, 7) is 1.20. The summed E-state index contributed by atoms with van der Waals surface area (Å²) in [5, 5.41) is 7.24. The number of nitrogens with zero attached hydrogens (tertiary/aromatic N) is 2. The molecule has 1 saturated heterocycles. The van der Waals surface area contributed by atoms with Gasteiger partial charge < -0.3 is 10.2 Å². The highest BCUT2D eigenvalue weighted by Crippen LogP contribution is 2.16. The molecular weight excluding hydrogens is 334 g/mol. The molecule has 2 aromatic heterocycles. The third-order valence-corrected chi connectivity index (χ3v) is 4.76. The van der Waals surface area contributed by atoms with Gasteiger partial charge in [0.1, 0.15) is 5.69 Å². The molecule has 120 valence electrons. The van der Waals surface area contributed by atoms with Gasteiger partial charge in [-0.15, -0.1) is 0 Å². The van der Waals surface area contributed by atoms with Crippen LogP contribution in [0.3, 0.4) is 0 Å². The smallest absolute Gasteiger partial charge is 0.272 e. The Balaban J connectivity index is 1.54. The summed E-state index contributed by atoms with van der Waals surface area (Å²) in [6.07, 6.45) is 3.01. The molecule has 0 bridgehead atoms. The zero-order valence-corrected chi connectivity index (χ0v) is 13.9. The Morgan fingerprint density at radius 3 is 2.74 bits per heavy atom. The van der Waals surface area contributed by atoms with E-state index in [1.54, 1.807) is 17.0 Å². The Bertz CT molecular complexity index is 697. The van der Waals surface area contributed by atoms with Crippen LogP contribution >= 0.6 is 22.9 Å². The van der Waals surface area contributed by atoms with Crippen LogP contribution in [0, 0.1) is 0 Å². The van der Waals surface area contributed by atoms with Gasteiger partial charge in [-0.1, -0.05) is 11.6 Å². The van der Waals surface area contributed by atoms with Gasteiger partial charge in [0.25, 0.3) is 11.8 Å². The molecule has 0 aliphatic carbocycles. The van der Waals surface area contributed by atoms with Gasteiger partial charge in [0.05, 0.1) is 0 Å². The van der Waals surface area contributed by atoms with Crippen LogP contribution in [0.5, 0.6) is 0 Å². The van der Waals surface area contributed by atoms with Crippen molar-refractivity contribution in [1.29, 1.82) is 0 Å². The standard InChI is InChI=1S/C16H16ClN3O2S/c17-12-1-5-18-14(9-12)16(22)20-6-2-13(3-7-20)19-15(21)11-4-8-23-10-11/h1,4-5,8-10,13H,2-3,6-7H2,(H,19,21). The first kappa shape index (κ1) is 16.0. The molecule has 2 amide bonds. The number of pyridine rings is 1. The number of hydrogen-bond acceptors (Lipinski definition) is 4. The second kappa shape index (κ2) is 7.10. The Kier molecular flexibility index (Phi) is 4.93. The van der Waals surface area contributed by atoms with Crippen molar-refractivity contribution >= 4 is 34.8 Å². The van der Waals surface area contributed by atoms with Crippen molar-refractivity contribution in [2.24, 2.45) is 0 Å². The van der Waals surface area contributed by atoms with E-state index in [1.165, 1.54) is 17.5 Å². The summed E-state index contributed by atoms with van der Waals surface area (Å²) in [4.78, 5) is 30.3. The first-order valence-electron chi connectivity index (χ1n) is 7.37. The number of thiophene rings is 1. The summed E-state index contributed by atoms with van der Waals surface area (Å²) < 4.78 is 0. The summed E-state index contributed by atoms with van der Waals surface area (Å²) in [5.41, 5.74) is 1.05. The molecule has 3 heterocycles. The number of amides is 2. The normalized spacial score (nSPS) is 15.4. The zero-order chi connectivity index (χ0) is 16.2. The molecule has 1 N–H and O–H groups in total. The van der Waals surface area contributed by atoms with Crippen molar-refractivity contribution in [3.63, 3.8) is 0 Å². The Hall–Kier alpha value is -1.92. The maximum absolute atomic E-state index is 12.4. The van der Waals surface area contributed by atoms with Crippen LogP contribution in [0.25, 0.3) is 0 Å². The Labute approximate surface area is 143 Å². The lowest BCUT2D eigenvalue weighted by Crippen LogP contribution is -2.46. The van der Waals surface area contributed by atoms with Gasteiger partial charge in [-0.25, -0.2) is 0 Å². The van der Waals surface area contributed by atoms with Gasteiger partial charge >= 0.3 is 0 Å². The summed E-state index contributed by atoms with van der Waals surface area (Å²) >= 11 is 7.40. The van der Waals surface area contributed by atoms with Crippen LogP contribution in [0.4, 0.5) is 0 Å². The monoisotopic (exact) mass is 349 g/mol. The highest BCUT2D eigenvalue weighted by molar-refractivity contribution is 7.08. The quantitative estimate of drug-likeness (QED) is 0.926. The van der Waals surface area contributed by atoms with Crippen molar-refractivity contribution in [1.82, 2.24) is 15.2 Å². The van der Waals surface area contributed by atoms with Crippen LogP contribution < -0.4 is 5.32 Å². The number of rotatable bonds is 3. The Morgan fingerprint density at radius 1 is 1.30 bits per heavy atom. The topological polar surface area (TPSA) is 62.3 Å². The molecule has 1 fully saturated rings. The lowest BCUT2D eigenvalue weighted by Gasteiger charge is -2.32. The second-order valence-electron chi connectivity index (χ2n) is 5.41. The third-order valence-electron chi connectivity index (χ3n) is 3.84. The van der Waals surface area contributed by atoms with Crippen molar-refractivity contribution in [3.8, 4) is 0 Å². The number of halogens is 1. The minimum Gasteiger partial charge on any atom is -0.349 e. The molecule has 5 nitrogen and oxygen atoms in total. The fourth-order valence-electron chi connectivity index (χ4n) is 2.57. The van der Waals surface area contributed by atoms with E-state index in [0.717, 1.165) is 12.8 Å². The summed E-state index contributed by atoms with van der Waals surface area (Å²) in [5.74, 6) is -0.164. The number of hydrogen-bond donors (Lipinski definition) is 1. The molecule has 0 unspecified atom stereocenters. The predicted octanol–water partition coefficient (Wildman–Crippen LogP) is 2.83.